The number of alkyl halides is 2. The lowest BCUT2D eigenvalue weighted by Gasteiger charge is -2.09. The van der Waals surface area contributed by atoms with E-state index >= 15 is 0 Å². The number of nitrogens with one attached hydrogen (secondary N) is 2. The minimum absolute atomic E-state index is 0.0610. The molecule has 0 spiro atoms. The van der Waals surface area contributed by atoms with Crippen LogP contribution in [-0.2, 0) is 0 Å². The van der Waals surface area contributed by atoms with Gasteiger partial charge >= 0.3 is 0 Å². The highest BCUT2D eigenvalue weighted by Crippen LogP contribution is 2.25. The second-order valence-electron chi connectivity index (χ2n) is 3.86. The highest BCUT2D eigenvalue weighted by atomic mass is 32.2. The number of halogens is 2. The van der Waals surface area contributed by atoms with Crippen LogP contribution in [0.4, 0.5) is 8.78 Å². The third kappa shape index (κ3) is 4.22. The first-order valence-corrected chi connectivity index (χ1v) is 6.87. The van der Waals surface area contributed by atoms with Crippen molar-refractivity contribution in [3.05, 3.63) is 54.0 Å². The van der Waals surface area contributed by atoms with Gasteiger partial charge in [0.15, 0.2) is 0 Å². The first kappa shape index (κ1) is 15.8. The number of carbonyl (C=O) groups is 2. The zero-order chi connectivity index (χ0) is 15.9. The summed E-state index contributed by atoms with van der Waals surface area (Å²) in [5.74, 6) is -4.08. The molecular formula is C13H10F2N4O2S. The quantitative estimate of drug-likeness (QED) is 0.662. The van der Waals surface area contributed by atoms with E-state index in [9.17, 15) is 18.4 Å². The summed E-state index contributed by atoms with van der Waals surface area (Å²) in [6, 6.07) is 7.48. The largest absolute Gasteiger partial charge is 0.290 e. The maximum Gasteiger partial charge on any atom is 0.290 e. The Bertz CT molecular complexity index is 670. The van der Waals surface area contributed by atoms with Gasteiger partial charge in [-0.25, -0.2) is 4.98 Å². The van der Waals surface area contributed by atoms with E-state index in [1.54, 1.807) is 12.1 Å². The molecule has 0 aliphatic heterocycles. The number of hydrogen-bond acceptors (Lipinski definition) is 5. The Hall–Kier alpha value is -2.55. The lowest BCUT2D eigenvalue weighted by molar-refractivity contribution is 0.0842. The van der Waals surface area contributed by atoms with Gasteiger partial charge in [-0.15, -0.1) is 0 Å². The molecule has 2 heterocycles. The van der Waals surface area contributed by atoms with Crippen molar-refractivity contribution in [3.63, 3.8) is 0 Å². The Balaban J connectivity index is 2.02. The van der Waals surface area contributed by atoms with Gasteiger partial charge in [0.1, 0.15) is 10.7 Å². The van der Waals surface area contributed by atoms with Crippen LogP contribution in [0.3, 0.4) is 0 Å². The van der Waals surface area contributed by atoms with Crippen molar-refractivity contribution in [1.29, 1.82) is 0 Å². The minimum Gasteiger partial charge on any atom is -0.267 e. The Morgan fingerprint density at radius 2 is 1.73 bits per heavy atom. The molecule has 0 aliphatic rings. The summed E-state index contributed by atoms with van der Waals surface area (Å²) in [5, 5.41) is -0.123. The fourth-order valence-electron chi connectivity index (χ4n) is 1.48. The molecule has 0 aliphatic carbocycles. The number of amides is 2. The topological polar surface area (TPSA) is 84.0 Å². The molecule has 2 rings (SSSR count). The molecule has 0 saturated heterocycles. The van der Waals surface area contributed by atoms with Gasteiger partial charge < -0.3 is 0 Å². The lowest BCUT2D eigenvalue weighted by atomic mass is 10.3. The van der Waals surface area contributed by atoms with Crippen LogP contribution in [-0.4, -0.2) is 27.5 Å². The molecule has 9 heteroatoms. The molecule has 0 unspecified atom stereocenters. The van der Waals surface area contributed by atoms with Crippen LogP contribution in [0, 0.1) is 0 Å². The normalized spacial score (nSPS) is 10.3. The van der Waals surface area contributed by atoms with Crippen molar-refractivity contribution in [3.8, 4) is 0 Å². The number of pyridine rings is 2. The third-order valence-corrected chi connectivity index (χ3v) is 3.13. The van der Waals surface area contributed by atoms with Crippen LogP contribution < -0.4 is 10.9 Å². The number of aromatic nitrogens is 2. The van der Waals surface area contributed by atoms with Gasteiger partial charge in [-0.2, -0.15) is 8.78 Å². The van der Waals surface area contributed by atoms with Gasteiger partial charge in [-0.05, 0) is 36.0 Å². The molecule has 6 nitrogen and oxygen atoms in total. The Morgan fingerprint density at radius 3 is 2.41 bits per heavy atom. The summed E-state index contributed by atoms with van der Waals surface area (Å²) in [6.45, 7) is 0. The standard InChI is InChI=1S/C13H10F2N4O2S/c14-13(15)22-12-8(4-3-7-17-12)10(20)18-19-11(21)9-5-1-2-6-16-9/h1-7,13H,(H,18,20)(H,19,21). The molecule has 0 atom stereocenters. The third-order valence-electron chi connectivity index (χ3n) is 2.40. The molecule has 22 heavy (non-hydrogen) atoms. The zero-order valence-electron chi connectivity index (χ0n) is 11.0. The molecule has 0 bridgehead atoms. The Morgan fingerprint density at radius 1 is 1.00 bits per heavy atom. The predicted molar refractivity (Wildman–Crippen MR) is 75.3 cm³/mol. The fourth-order valence-corrected chi connectivity index (χ4v) is 2.06. The van der Waals surface area contributed by atoms with E-state index in [2.05, 4.69) is 20.8 Å². The summed E-state index contributed by atoms with van der Waals surface area (Å²) in [6.07, 6.45) is 2.73. The predicted octanol–water partition coefficient (Wildman–Crippen LogP) is 1.87. The minimum atomic E-state index is -2.70. The molecule has 2 amide bonds. The van der Waals surface area contributed by atoms with E-state index in [1.807, 2.05) is 0 Å². The van der Waals surface area contributed by atoms with Gasteiger partial charge in [0, 0.05) is 12.4 Å². The van der Waals surface area contributed by atoms with E-state index in [0.29, 0.717) is 0 Å². The first-order valence-electron chi connectivity index (χ1n) is 5.99. The van der Waals surface area contributed by atoms with E-state index in [0.717, 1.165) is 0 Å². The van der Waals surface area contributed by atoms with Crippen LogP contribution in [0.15, 0.2) is 47.8 Å². The lowest BCUT2D eigenvalue weighted by Crippen LogP contribution is -2.42. The van der Waals surface area contributed by atoms with Crippen LogP contribution in [0.2, 0.25) is 0 Å². The number of hydrazine groups is 1. The zero-order valence-corrected chi connectivity index (χ0v) is 11.8. The van der Waals surface area contributed by atoms with Crippen molar-refractivity contribution in [1.82, 2.24) is 20.8 Å². The molecule has 2 aromatic heterocycles. The van der Waals surface area contributed by atoms with E-state index < -0.39 is 17.6 Å². The number of nitrogens with zero attached hydrogens (tertiary/aromatic N) is 2. The van der Waals surface area contributed by atoms with E-state index in [4.69, 9.17) is 0 Å². The van der Waals surface area contributed by atoms with Crippen LogP contribution in [0.25, 0.3) is 0 Å². The summed E-state index contributed by atoms with van der Waals surface area (Å²) in [4.78, 5) is 31.2. The molecule has 2 aromatic rings. The number of carbonyl (C=O) groups excluding carboxylic acids is 2. The average molecular weight is 324 g/mol. The molecule has 0 saturated carbocycles. The van der Waals surface area contributed by atoms with Crippen LogP contribution >= 0.6 is 11.8 Å². The monoisotopic (exact) mass is 324 g/mol. The fraction of sp³-hybridized carbons (Fsp3) is 0.0769. The second kappa shape index (κ2) is 7.46. The number of rotatable bonds is 4. The Labute approximate surface area is 128 Å². The van der Waals surface area contributed by atoms with Gasteiger partial charge in [-0.3, -0.25) is 25.4 Å². The Kier molecular flexibility index (Phi) is 5.37. The highest BCUT2D eigenvalue weighted by Gasteiger charge is 2.17. The van der Waals surface area contributed by atoms with Gasteiger partial charge in [0.2, 0.25) is 0 Å². The summed E-state index contributed by atoms with van der Waals surface area (Å²) >= 11 is 0.154. The summed E-state index contributed by atoms with van der Waals surface area (Å²) in [5.41, 5.74) is 4.33. The molecule has 0 fully saturated rings. The van der Waals surface area contributed by atoms with E-state index in [1.165, 1.54) is 30.6 Å². The van der Waals surface area contributed by atoms with Crippen molar-refractivity contribution < 1.29 is 18.4 Å². The second-order valence-corrected chi connectivity index (χ2v) is 4.84. The van der Waals surface area contributed by atoms with Crippen molar-refractivity contribution >= 4 is 23.6 Å². The summed E-state index contributed by atoms with van der Waals surface area (Å²) < 4.78 is 24.8. The molecule has 0 aromatic carbocycles. The van der Waals surface area contributed by atoms with Crippen LogP contribution in [0.5, 0.6) is 0 Å². The average Bonchev–Trinajstić information content (AvgIpc) is 2.53. The molecule has 2 N–H and O–H groups in total. The van der Waals surface area contributed by atoms with Gasteiger partial charge in [0.25, 0.3) is 17.6 Å². The highest BCUT2D eigenvalue weighted by molar-refractivity contribution is 7.99. The smallest absolute Gasteiger partial charge is 0.267 e. The van der Waals surface area contributed by atoms with Crippen molar-refractivity contribution in [2.45, 2.75) is 10.8 Å². The van der Waals surface area contributed by atoms with Gasteiger partial charge in [0.05, 0.1) is 5.56 Å². The van der Waals surface area contributed by atoms with Crippen molar-refractivity contribution in [2.24, 2.45) is 0 Å². The first-order chi connectivity index (χ1) is 10.6. The number of thioether (sulfide) groups is 1. The SMILES string of the molecule is O=C(NNC(=O)c1cccnc1SC(F)F)c1ccccn1. The molecule has 0 radical (unpaired) electrons. The number of hydrogen-bond donors (Lipinski definition) is 2. The van der Waals surface area contributed by atoms with Gasteiger partial charge in [-0.1, -0.05) is 6.07 Å². The van der Waals surface area contributed by atoms with E-state index in [-0.39, 0.29) is 28.0 Å². The molecular weight excluding hydrogens is 314 g/mol. The molecule has 114 valence electrons. The van der Waals surface area contributed by atoms with Crippen LogP contribution in [0.1, 0.15) is 20.8 Å². The maximum absolute atomic E-state index is 12.4. The summed E-state index contributed by atoms with van der Waals surface area (Å²) in [7, 11) is 0. The maximum atomic E-state index is 12.4. The van der Waals surface area contributed by atoms with Crippen molar-refractivity contribution in [2.75, 3.05) is 0 Å².